The first-order valence-electron chi connectivity index (χ1n) is 6.73. The van der Waals surface area contributed by atoms with Gasteiger partial charge in [-0.3, -0.25) is 0 Å². The molecule has 2 rings (SSSR count). The maximum atomic E-state index is 11.9. The van der Waals surface area contributed by atoms with E-state index in [1.165, 1.54) is 12.1 Å². The summed E-state index contributed by atoms with van der Waals surface area (Å²) in [7, 11) is 0. The van der Waals surface area contributed by atoms with Gasteiger partial charge in [0, 0.05) is 0 Å². The van der Waals surface area contributed by atoms with Crippen LogP contribution in [0.25, 0.3) is 0 Å². The Balaban J connectivity index is 0.000000240. The molecule has 4 nitrogen and oxygen atoms in total. The average molecular weight is 281 g/mol. The van der Waals surface area contributed by atoms with E-state index < -0.39 is 5.97 Å². The van der Waals surface area contributed by atoms with Gasteiger partial charge in [-0.1, -0.05) is 30.3 Å². The van der Waals surface area contributed by atoms with Crippen LogP contribution in [0.3, 0.4) is 0 Å². The summed E-state index contributed by atoms with van der Waals surface area (Å²) < 4.78 is 11.9. The average Bonchev–Trinajstić information content (AvgIpc) is 2.89. The number of rotatable bonds is 4. The molecule has 0 atom stereocenters. The van der Waals surface area contributed by atoms with E-state index in [9.17, 15) is 9.18 Å². The van der Waals surface area contributed by atoms with Crippen molar-refractivity contribution in [2.24, 2.45) is 5.16 Å². The number of hydrogen-bond donors (Lipinski definition) is 1. The van der Waals surface area contributed by atoms with E-state index in [4.69, 9.17) is 9.94 Å². The summed E-state index contributed by atoms with van der Waals surface area (Å²) in [4.78, 5) is 15.4. The monoisotopic (exact) mass is 281 g/mol. The minimum atomic E-state index is -1.07. The Bertz CT molecular complexity index is 428. The van der Waals surface area contributed by atoms with E-state index in [0.29, 0.717) is 0 Å². The molecule has 0 aliphatic heterocycles. The van der Waals surface area contributed by atoms with Crippen molar-refractivity contribution < 1.29 is 19.1 Å². The molecular weight excluding hydrogens is 261 g/mol. The molecule has 20 heavy (non-hydrogen) atoms. The Morgan fingerprint density at radius 2 is 2.00 bits per heavy atom. The summed E-state index contributed by atoms with van der Waals surface area (Å²) in [6, 6.07) is 7.94. The number of carboxylic acid groups (broad SMARTS) is 1. The van der Waals surface area contributed by atoms with Crippen molar-refractivity contribution in [2.45, 2.75) is 44.6 Å². The zero-order valence-electron chi connectivity index (χ0n) is 11.6. The number of carbonyl (C=O) groups is 1. The molecule has 1 saturated carbocycles. The lowest BCUT2D eigenvalue weighted by Gasteiger charge is -2.24. The number of hydrogen-bond acceptors (Lipinski definition) is 3. The van der Waals surface area contributed by atoms with Crippen molar-refractivity contribution in [1.29, 1.82) is 0 Å². The van der Waals surface area contributed by atoms with Crippen LogP contribution in [0.5, 0.6) is 0 Å². The molecule has 1 fully saturated rings. The molecule has 5 heteroatoms. The molecule has 0 amide bonds. The van der Waals surface area contributed by atoms with Crippen LogP contribution in [0.15, 0.2) is 35.5 Å². The summed E-state index contributed by atoms with van der Waals surface area (Å²) in [5.41, 5.74) is -0.189. The van der Waals surface area contributed by atoms with Crippen molar-refractivity contribution >= 4 is 12.2 Å². The minimum Gasteiger partial charge on any atom is -0.477 e. The Hall–Kier alpha value is -1.91. The van der Waals surface area contributed by atoms with Crippen LogP contribution >= 0.6 is 0 Å². The topological polar surface area (TPSA) is 58.9 Å². The number of benzene rings is 1. The molecule has 0 heterocycles. The van der Waals surface area contributed by atoms with Crippen LogP contribution in [-0.2, 0) is 9.63 Å². The molecule has 1 aliphatic carbocycles. The number of carboxylic acids is 1. The van der Waals surface area contributed by atoms with Crippen LogP contribution in [0, 0.1) is 5.82 Å². The van der Waals surface area contributed by atoms with E-state index in [-0.39, 0.29) is 11.4 Å². The first-order chi connectivity index (χ1) is 9.58. The second kappa shape index (κ2) is 8.30. The molecule has 1 aromatic rings. The third kappa shape index (κ3) is 5.82. The standard InChI is InChI=1S/C9H15NO3.C6H5F/c1-2-9(5-3-4-6-9)13-10-7-8(11)12;7-6-4-2-1-3-5-6/h7H,2-6H2,1H3,(H,11,12);1-5H/b10-7-;. The van der Waals surface area contributed by atoms with Gasteiger partial charge in [0.25, 0.3) is 0 Å². The van der Waals surface area contributed by atoms with E-state index >= 15 is 0 Å². The quantitative estimate of drug-likeness (QED) is 0.677. The van der Waals surface area contributed by atoms with Crippen LogP contribution in [0.1, 0.15) is 39.0 Å². The van der Waals surface area contributed by atoms with E-state index in [1.807, 2.05) is 6.92 Å². The Kier molecular flexibility index (Phi) is 6.70. The molecule has 0 radical (unpaired) electrons. The molecule has 0 bridgehead atoms. The highest BCUT2D eigenvalue weighted by Gasteiger charge is 2.34. The Labute approximate surface area is 118 Å². The molecule has 0 aromatic heterocycles. The number of oxime groups is 1. The third-order valence-corrected chi connectivity index (χ3v) is 3.30. The highest BCUT2D eigenvalue weighted by atomic mass is 19.1. The van der Waals surface area contributed by atoms with Gasteiger partial charge in [0.1, 0.15) is 11.4 Å². The van der Waals surface area contributed by atoms with Crippen LogP contribution in [-0.4, -0.2) is 22.9 Å². The highest BCUT2D eigenvalue weighted by molar-refractivity contribution is 6.21. The third-order valence-electron chi connectivity index (χ3n) is 3.30. The molecule has 1 N–H and O–H groups in total. The number of halogens is 1. The number of nitrogens with zero attached hydrogens (tertiary/aromatic N) is 1. The molecule has 1 aromatic carbocycles. The number of aliphatic carboxylic acids is 1. The van der Waals surface area contributed by atoms with Gasteiger partial charge in [-0.25, -0.2) is 9.18 Å². The first kappa shape index (κ1) is 16.1. The minimum absolute atomic E-state index is 0.178. The largest absolute Gasteiger partial charge is 0.477 e. The summed E-state index contributed by atoms with van der Waals surface area (Å²) in [5.74, 6) is -1.24. The summed E-state index contributed by atoms with van der Waals surface area (Å²) >= 11 is 0. The van der Waals surface area contributed by atoms with Gasteiger partial charge in [-0.15, -0.1) is 0 Å². The molecular formula is C15H20FNO3. The Morgan fingerprint density at radius 1 is 1.40 bits per heavy atom. The highest BCUT2D eigenvalue weighted by Crippen LogP contribution is 2.35. The second-order valence-electron chi connectivity index (χ2n) is 4.70. The predicted octanol–water partition coefficient (Wildman–Crippen LogP) is 3.62. The lowest BCUT2D eigenvalue weighted by Crippen LogP contribution is -2.25. The lowest BCUT2D eigenvalue weighted by molar-refractivity contribution is -0.129. The van der Waals surface area contributed by atoms with Crippen molar-refractivity contribution in [1.82, 2.24) is 0 Å². The van der Waals surface area contributed by atoms with Gasteiger partial charge in [0.05, 0.1) is 0 Å². The maximum absolute atomic E-state index is 11.9. The van der Waals surface area contributed by atoms with Crippen LogP contribution < -0.4 is 0 Å². The van der Waals surface area contributed by atoms with Crippen LogP contribution in [0.4, 0.5) is 4.39 Å². The normalized spacial score (nSPS) is 16.5. The molecule has 1 aliphatic rings. The summed E-state index contributed by atoms with van der Waals surface area (Å²) in [6.45, 7) is 2.04. The molecule has 0 saturated heterocycles. The van der Waals surface area contributed by atoms with Crippen molar-refractivity contribution in [3.8, 4) is 0 Å². The zero-order chi connectivity index (χ0) is 14.8. The van der Waals surface area contributed by atoms with E-state index in [0.717, 1.165) is 38.3 Å². The fraction of sp³-hybridized carbons (Fsp3) is 0.467. The lowest BCUT2D eigenvalue weighted by atomic mass is 9.99. The van der Waals surface area contributed by atoms with Gasteiger partial charge in [-0.2, -0.15) is 0 Å². The molecule has 110 valence electrons. The van der Waals surface area contributed by atoms with Crippen molar-refractivity contribution in [2.75, 3.05) is 0 Å². The molecule has 0 spiro atoms. The second-order valence-corrected chi connectivity index (χ2v) is 4.70. The van der Waals surface area contributed by atoms with E-state index in [2.05, 4.69) is 5.16 Å². The predicted molar refractivity (Wildman–Crippen MR) is 75.1 cm³/mol. The first-order valence-corrected chi connectivity index (χ1v) is 6.73. The Morgan fingerprint density at radius 3 is 2.40 bits per heavy atom. The van der Waals surface area contributed by atoms with Crippen molar-refractivity contribution in [3.63, 3.8) is 0 Å². The van der Waals surface area contributed by atoms with Gasteiger partial charge >= 0.3 is 5.97 Å². The maximum Gasteiger partial charge on any atom is 0.350 e. The van der Waals surface area contributed by atoms with Gasteiger partial charge < -0.3 is 9.94 Å². The van der Waals surface area contributed by atoms with Crippen LogP contribution in [0.2, 0.25) is 0 Å². The fourth-order valence-corrected chi connectivity index (χ4v) is 2.13. The zero-order valence-corrected chi connectivity index (χ0v) is 11.6. The molecule has 0 unspecified atom stereocenters. The van der Waals surface area contributed by atoms with Gasteiger partial charge in [-0.05, 0) is 44.2 Å². The summed E-state index contributed by atoms with van der Waals surface area (Å²) in [5, 5.41) is 11.8. The summed E-state index contributed by atoms with van der Waals surface area (Å²) in [6.07, 6.45) is 5.97. The fourth-order valence-electron chi connectivity index (χ4n) is 2.13. The van der Waals surface area contributed by atoms with Gasteiger partial charge in [0.15, 0.2) is 6.21 Å². The smallest absolute Gasteiger partial charge is 0.350 e. The van der Waals surface area contributed by atoms with Crippen molar-refractivity contribution in [3.05, 3.63) is 36.1 Å². The SMILES string of the molecule is CCC1(O/N=C\C(=O)O)CCCC1.Fc1ccccc1. The van der Waals surface area contributed by atoms with E-state index in [1.54, 1.807) is 18.2 Å². The van der Waals surface area contributed by atoms with Gasteiger partial charge in [0.2, 0.25) is 0 Å².